The first-order valence-electron chi connectivity index (χ1n) is 14.5. The first kappa shape index (κ1) is 28.2. The van der Waals surface area contributed by atoms with Crippen LogP contribution in [0.4, 0.5) is 0 Å². The number of methoxy groups -OCH3 is 1. The molecule has 0 aromatic carbocycles. The summed E-state index contributed by atoms with van der Waals surface area (Å²) in [7, 11) is 1.66. The van der Waals surface area contributed by atoms with Gasteiger partial charge in [-0.05, 0) is 57.9 Å². The Balaban J connectivity index is 1.65. The van der Waals surface area contributed by atoms with E-state index in [2.05, 4.69) is 25.7 Å². The molecule has 2 unspecified atom stereocenters. The molecule has 4 fully saturated rings. The van der Waals surface area contributed by atoms with E-state index >= 15 is 4.79 Å². The second-order valence-corrected chi connectivity index (χ2v) is 13.4. The number of ketones is 1. The number of ether oxygens (including phenoxy) is 4. The highest BCUT2D eigenvalue weighted by atomic mass is 16.6. The van der Waals surface area contributed by atoms with E-state index in [-0.39, 0.29) is 30.4 Å². The van der Waals surface area contributed by atoms with E-state index in [1.165, 1.54) is 18.1 Å². The molecule has 2 heterocycles. The van der Waals surface area contributed by atoms with Gasteiger partial charge in [0, 0.05) is 45.4 Å². The minimum absolute atomic E-state index is 0.163. The molecule has 2 bridgehead atoms. The lowest BCUT2D eigenvalue weighted by molar-refractivity contribution is -0.327. The number of Topliss-reactive ketones (excluding diaryl/α,β-unsaturated/α-hetero) is 1. The Bertz CT molecular complexity index is 987. The molecule has 2 saturated carbocycles. The van der Waals surface area contributed by atoms with Gasteiger partial charge in [-0.1, -0.05) is 25.0 Å². The topological polar surface area (TPSA) is 94.5 Å². The molecular formula is C30H47NO7. The van der Waals surface area contributed by atoms with Gasteiger partial charge in [0.1, 0.15) is 11.9 Å². The van der Waals surface area contributed by atoms with Crippen molar-refractivity contribution in [2.45, 2.75) is 96.6 Å². The minimum Gasteiger partial charge on any atom is -0.454 e. The van der Waals surface area contributed by atoms with Gasteiger partial charge in [0.15, 0.2) is 5.60 Å². The van der Waals surface area contributed by atoms with E-state index in [1.54, 1.807) is 7.11 Å². The van der Waals surface area contributed by atoms with Crippen LogP contribution in [0.15, 0.2) is 11.1 Å². The zero-order valence-corrected chi connectivity index (χ0v) is 24.1. The molecule has 7 atom stereocenters. The summed E-state index contributed by atoms with van der Waals surface area (Å²) in [4.78, 5) is 29.9. The number of carbonyl (C=O) groups is 2. The largest absolute Gasteiger partial charge is 0.454 e. The highest BCUT2D eigenvalue weighted by Crippen LogP contribution is 2.62. The van der Waals surface area contributed by atoms with Crippen molar-refractivity contribution in [3.05, 3.63) is 11.1 Å². The van der Waals surface area contributed by atoms with Gasteiger partial charge in [-0.25, -0.2) is 0 Å². The van der Waals surface area contributed by atoms with Crippen LogP contribution in [-0.4, -0.2) is 91.7 Å². The molecule has 1 N–H and O–H groups in total. The number of esters is 1. The highest BCUT2D eigenvalue weighted by Gasteiger charge is 2.72. The normalized spacial score (nSPS) is 43.2. The molecule has 0 spiro atoms. The lowest BCUT2D eigenvalue weighted by Crippen LogP contribution is -2.76. The van der Waals surface area contributed by atoms with Crippen molar-refractivity contribution in [2.75, 3.05) is 46.6 Å². The number of carbonyl (C=O) groups excluding carboxylic acids is 2. The average molecular weight is 534 g/mol. The van der Waals surface area contributed by atoms with Gasteiger partial charge in [-0.2, -0.15) is 0 Å². The van der Waals surface area contributed by atoms with E-state index in [0.717, 1.165) is 45.7 Å². The zero-order chi connectivity index (χ0) is 27.5. The van der Waals surface area contributed by atoms with Crippen LogP contribution in [0.2, 0.25) is 0 Å². The third-order valence-corrected chi connectivity index (χ3v) is 11.1. The zero-order valence-electron chi connectivity index (χ0n) is 24.1. The van der Waals surface area contributed by atoms with Crippen molar-refractivity contribution in [3.8, 4) is 0 Å². The van der Waals surface area contributed by atoms with Gasteiger partial charge < -0.3 is 24.1 Å². The summed E-state index contributed by atoms with van der Waals surface area (Å²) in [6.07, 6.45) is 2.88. The van der Waals surface area contributed by atoms with Crippen LogP contribution in [-0.2, 0) is 28.5 Å². The van der Waals surface area contributed by atoms with E-state index in [9.17, 15) is 9.90 Å². The molecule has 8 heteroatoms. The molecular weight excluding hydrogens is 486 g/mol. The van der Waals surface area contributed by atoms with Crippen molar-refractivity contribution in [2.24, 2.45) is 22.7 Å². The molecule has 2 saturated heterocycles. The van der Waals surface area contributed by atoms with Crippen LogP contribution >= 0.6 is 0 Å². The maximum atomic E-state index is 15.1. The van der Waals surface area contributed by atoms with Gasteiger partial charge in [0.05, 0.1) is 36.9 Å². The number of fused-ring (bicyclic) bond motifs is 6. The Labute approximate surface area is 227 Å². The van der Waals surface area contributed by atoms with Crippen molar-refractivity contribution in [1.82, 2.24) is 4.90 Å². The average Bonchev–Trinajstić information content (AvgIpc) is 2.93. The van der Waals surface area contributed by atoms with Crippen molar-refractivity contribution in [3.63, 3.8) is 0 Å². The van der Waals surface area contributed by atoms with Crippen LogP contribution < -0.4 is 0 Å². The number of nitrogens with zero attached hydrogens (tertiary/aromatic N) is 1. The third-order valence-electron chi connectivity index (χ3n) is 11.1. The van der Waals surface area contributed by atoms with Gasteiger partial charge in [-0.15, -0.1) is 0 Å². The number of hydrogen-bond acceptors (Lipinski definition) is 8. The van der Waals surface area contributed by atoms with Crippen molar-refractivity contribution >= 4 is 11.8 Å². The van der Waals surface area contributed by atoms with Crippen LogP contribution in [0.25, 0.3) is 0 Å². The van der Waals surface area contributed by atoms with E-state index < -0.39 is 34.1 Å². The second-order valence-electron chi connectivity index (χ2n) is 13.4. The Morgan fingerprint density at radius 2 is 1.92 bits per heavy atom. The van der Waals surface area contributed by atoms with E-state index in [0.29, 0.717) is 25.7 Å². The lowest BCUT2D eigenvalue weighted by atomic mass is 9.50. The maximum absolute atomic E-state index is 15.1. The predicted octanol–water partition coefficient (Wildman–Crippen LogP) is 3.30. The molecule has 5 rings (SSSR count). The fraction of sp³-hybridized carbons (Fsp3) is 0.867. The number of aliphatic hydroxyl groups is 1. The molecule has 0 radical (unpaired) electrons. The second kappa shape index (κ2) is 9.95. The molecule has 0 aromatic heterocycles. The molecule has 5 aliphatic rings. The van der Waals surface area contributed by atoms with Gasteiger partial charge in [-0.3, -0.25) is 14.5 Å². The Kier molecular flexibility index (Phi) is 7.39. The lowest BCUT2D eigenvalue weighted by Gasteiger charge is -2.64. The van der Waals surface area contributed by atoms with Crippen LogP contribution in [0.3, 0.4) is 0 Å². The van der Waals surface area contributed by atoms with E-state index in [1.807, 2.05) is 6.92 Å². The number of allylic oxidation sites excluding steroid dienone is 2. The molecule has 2 aliphatic heterocycles. The number of rotatable bonds is 5. The number of morpholine rings is 1. The summed E-state index contributed by atoms with van der Waals surface area (Å²) in [5, 5.41) is 12.5. The predicted molar refractivity (Wildman–Crippen MR) is 142 cm³/mol. The molecule has 0 aromatic rings. The van der Waals surface area contributed by atoms with Crippen LogP contribution in [0.5, 0.6) is 0 Å². The standard InChI is InChI=1S/C30H47NO7/c1-19-7-9-29(34)17-23-28(5,24(35-6)15-25-30(23,18-37-25)38-20(2)32)26(33)21(22(19)16-27(29,3)4)8-10-31-11-13-36-14-12-31/h21,23-25,34H,7-18H2,1-6H3/t21?,23?,24-,25+,28-,29+,30+/m0/s1. The SMILES string of the molecule is CO[C@H]1C[C@H]2OC[C@@]2(OC(C)=O)C2C[C@]3(O)CCC(C)=C(CC3(C)C)C(CCN3CCOCC3)C(=O)[C@@]21C. The maximum Gasteiger partial charge on any atom is 0.303 e. The summed E-state index contributed by atoms with van der Waals surface area (Å²) >= 11 is 0. The monoisotopic (exact) mass is 533 g/mol. The highest BCUT2D eigenvalue weighted by molar-refractivity contribution is 5.91. The van der Waals surface area contributed by atoms with Gasteiger partial charge in [0.2, 0.25) is 0 Å². The molecule has 8 nitrogen and oxygen atoms in total. The Morgan fingerprint density at radius 3 is 2.53 bits per heavy atom. The summed E-state index contributed by atoms with van der Waals surface area (Å²) in [5.74, 6) is -0.916. The Hall–Kier alpha value is -1.32. The Morgan fingerprint density at radius 1 is 1.21 bits per heavy atom. The fourth-order valence-corrected chi connectivity index (χ4v) is 8.42. The molecule has 0 amide bonds. The summed E-state index contributed by atoms with van der Waals surface area (Å²) in [5.41, 5.74) is -0.954. The van der Waals surface area contributed by atoms with Gasteiger partial charge >= 0.3 is 5.97 Å². The van der Waals surface area contributed by atoms with Crippen molar-refractivity contribution in [1.29, 1.82) is 0 Å². The summed E-state index contributed by atoms with van der Waals surface area (Å²) in [6.45, 7) is 14.1. The van der Waals surface area contributed by atoms with Crippen molar-refractivity contribution < 1.29 is 33.6 Å². The molecule has 3 aliphatic carbocycles. The minimum atomic E-state index is -1.04. The van der Waals surface area contributed by atoms with Gasteiger partial charge in [0.25, 0.3) is 0 Å². The first-order valence-corrected chi connectivity index (χ1v) is 14.5. The fourth-order valence-electron chi connectivity index (χ4n) is 8.42. The summed E-state index contributed by atoms with van der Waals surface area (Å²) < 4.78 is 23.8. The number of hydrogen-bond donors (Lipinski definition) is 1. The smallest absolute Gasteiger partial charge is 0.303 e. The first-order chi connectivity index (χ1) is 17.9. The molecule has 38 heavy (non-hydrogen) atoms. The third kappa shape index (κ3) is 4.30. The van der Waals surface area contributed by atoms with Crippen LogP contribution in [0.1, 0.15) is 73.1 Å². The quantitative estimate of drug-likeness (QED) is 0.425. The van der Waals surface area contributed by atoms with E-state index in [4.69, 9.17) is 18.9 Å². The van der Waals surface area contributed by atoms with Crippen LogP contribution in [0, 0.1) is 22.7 Å². The molecule has 214 valence electrons. The summed E-state index contributed by atoms with van der Waals surface area (Å²) in [6, 6.07) is 0.